The number of ether oxygens (including phenoxy) is 1. The lowest BCUT2D eigenvalue weighted by Gasteiger charge is -2.22. The monoisotopic (exact) mass is 244 g/mol. The number of carbonyl (C=O) groups is 1. The van der Waals surface area contributed by atoms with Crippen LogP contribution in [0.25, 0.3) is 0 Å². The van der Waals surface area contributed by atoms with Gasteiger partial charge >= 0.3 is 0 Å². The summed E-state index contributed by atoms with van der Waals surface area (Å²) in [6.45, 7) is 6.92. The highest BCUT2D eigenvalue weighted by molar-refractivity contribution is 5.75. The van der Waals surface area contributed by atoms with Gasteiger partial charge in [-0.1, -0.05) is 13.8 Å². The zero-order valence-electron chi connectivity index (χ0n) is 11.9. The minimum Gasteiger partial charge on any atom is -0.382 e. The van der Waals surface area contributed by atoms with Crippen LogP contribution in [0.3, 0.4) is 0 Å². The Kier molecular flexibility index (Phi) is 8.17. The van der Waals surface area contributed by atoms with Crippen molar-refractivity contribution in [2.75, 3.05) is 20.7 Å². The predicted molar refractivity (Wildman–Crippen MR) is 70.8 cm³/mol. The maximum Gasteiger partial charge on any atom is 0.222 e. The summed E-state index contributed by atoms with van der Waals surface area (Å²) in [4.78, 5) is 13.5. The zero-order valence-corrected chi connectivity index (χ0v) is 11.9. The lowest BCUT2D eigenvalue weighted by atomic mass is 10.0. The second kappa shape index (κ2) is 8.48. The van der Waals surface area contributed by atoms with E-state index in [-0.39, 0.29) is 18.1 Å². The van der Waals surface area contributed by atoms with Crippen LogP contribution in [0.4, 0.5) is 0 Å². The minimum atomic E-state index is 0.144. The van der Waals surface area contributed by atoms with Gasteiger partial charge in [0.05, 0.1) is 6.10 Å². The topological polar surface area (TPSA) is 55.6 Å². The average molecular weight is 244 g/mol. The van der Waals surface area contributed by atoms with E-state index >= 15 is 0 Å². The number of nitrogens with two attached hydrogens (primary N) is 1. The summed E-state index contributed by atoms with van der Waals surface area (Å²) in [5.41, 5.74) is 5.95. The molecule has 4 heteroatoms. The van der Waals surface area contributed by atoms with E-state index in [1.807, 2.05) is 14.0 Å². The molecule has 4 nitrogen and oxygen atoms in total. The Balaban J connectivity index is 3.82. The van der Waals surface area contributed by atoms with Gasteiger partial charge in [-0.3, -0.25) is 4.79 Å². The number of carbonyl (C=O) groups excluding carboxylic acids is 1. The third-order valence-corrected chi connectivity index (χ3v) is 3.25. The molecule has 1 amide bonds. The molecular weight excluding hydrogens is 216 g/mol. The molecule has 2 N–H and O–H groups in total. The van der Waals surface area contributed by atoms with Crippen LogP contribution in [0.2, 0.25) is 0 Å². The van der Waals surface area contributed by atoms with Crippen LogP contribution in [0, 0.1) is 5.92 Å². The standard InChI is InChI=1S/C13H28N2O2/c1-10(2)12(14)8-9-15(4)13(16)7-6-11(3)17-5/h10-12H,6-9,14H2,1-5H3. The highest BCUT2D eigenvalue weighted by Crippen LogP contribution is 2.06. The molecule has 0 rings (SSSR count). The first kappa shape index (κ1) is 16.4. The van der Waals surface area contributed by atoms with Crippen LogP contribution in [-0.4, -0.2) is 43.7 Å². The molecule has 0 aromatic heterocycles. The fraction of sp³-hybridized carbons (Fsp3) is 0.923. The molecule has 2 atom stereocenters. The molecule has 17 heavy (non-hydrogen) atoms. The molecule has 0 radical (unpaired) electrons. The molecule has 0 aliphatic heterocycles. The molecule has 0 aromatic rings. The van der Waals surface area contributed by atoms with Crippen LogP contribution in [0.5, 0.6) is 0 Å². The van der Waals surface area contributed by atoms with E-state index in [9.17, 15) is 4.79 Å². The fourth-order valence-corrected chi connectivity index (χ4v) is 1.44. The van der Waals surface area contributed by atoms with Gasteiger partial charge in [0.1, 0.15) is 0 Å². The van der Waals surface area contributed by atoms with Gasteiger partial charge in [-0.25, -0.2) is 0 Å². The van der Waals surface area contributed by atoms with Crippen LogP contribution in [-0.2, 0) is 9.53 Å². The van der Waals surface area contributed by atoms with Crippen molar-refractivity contribution in [3.63, 3.8) is 0 Å². The van der Waals surface area contributed by atoms with Crippen molar-refractivity contribution in [2.24, 2.45) is 11.7 Å². The van der Waals surface area contributed by atoms with Crippen molar-refractivity contribution < 1.29 is 9.53 Å². The van der Waals surface area contributed by atoms with E-state index in [0.717, 1.165) is 19.4 Å². The average Bonchev–Trinajstić information content (AvgIpc) is 2.31. The first-order valence-corrected chi connectivity index (χ1v) is 6.40. The molecule has 0 saturated heterocycles. The summed E-state index contributed by atoms with van der Waals surface area (Å²) in [6, 6.07) is 0.170. The first-order chi connectivity index (χ1) is 7.88. The van der Waals surface area contributed by atoms with Crippen molar-refractivity contribution >= 4 is 5.91 Å². The number of methoxy groups -OCH3 is 1. The summed E-state index contributed by atoms with van der Waals surface area (Å²) >= 11 is 0. The Labute approximate surface area is 105 Å². The van der Waals surface area contributed by atoms with Gasteiger partial charge in [-0.15, -0.1) is 0 Å². The number of amides is 1. The molecule has 0 bridgehead atoms. The summed E-state index contributed by atoms with van der Waals surface area (Å²) in [7, 11) is 3.51. The van der Waals surface area contributed by atoms with Gasteiger partial charge in [0.2, 0.25) is 5.91 Å². The molecular formula is C13H28N2O2. The maximum absolute atomic E-state index is 11.8. The third-order valence-electron chi connectivity index (χ3n) is 3.25. The zero-order chi connectivity index (χ0) is 13.4. The second-order valence-electron chi connectivity index (χ2n) is 5.10. The van der Waals surface area contributed by atoms with Crippen molar-refractivity contribution in [1.29, 1.82) is 0 Å². The number of rotatable bonds is 8. The smallest absolute Gasteiger partial charge is 0.222 e. The maximum atomic E-state index is 11.8. The summed E-state index contributed by atoms with van der Waals surface area (Å²) < 4.78 is 5.12. The van der Waals surface area contributed by atoms with Crippen LogP contribution in [0.1, 0.15) is 40.0 Å². The number of hydrogen-bond donors (Lipinski definition) is 1. The van der Waals surface area contributed by atoms with Crippen LogP contribution < -0.4 is 5.73 Å². The molecule has 0 spiro atoms. The Bertz CT molecular complexity index is 219. The molecule has 0 aromatic carbocycles. The normalized spacial score (nSPS) is 14.8. The second-order valence-corrected chi connectivity index (χ2v) is 5.10. The highest BCUT2D eigenvalue weighted by Gasteiger charge is 2.13. The first-order valence-electron chi connectivity index (χ1n) is 6.40. The molecule has 0 aliphatic rings. The van der Waals surface area contributed by atoms with E-state index < -0.39 is 0 Å². The van der Waals surface area contributed by atoms with Gasteiger partial charge in [-0.2, -0.15) is 0 Å². The molecule has 102 valence electrons. The summed E-state index contributed by atoms with van der Waals surface area (Å²) in [6.07, 6.45) is 2.32. The summed E-state index contributed by atoms with van der Waals surface area (Å²) in [5, 5.41) is 0. The Hall–Kier alpha value is -0.610. The summed E-state index contributed by atoms with van der Waals surface area (Å²) in [5.74, 6) is 0.636. The van der Waals surface area contributed by atoms with Gasteiger partial charge in [0.15, 0.2) is 0 Å². The minimum absolute atomic E-state index is 0.144. The van der Waals surface area contributed by atoms with E-state index in [1.165, 1.54) is 0 Å². The van der Waals surface area contributed by atoms with E-state index in [2.05, 4.69) is 13.8 Å². The molecule has 0 saturated carbocycles. The Morgan fingerprint density at radius 3 is 2.35 bits per heavy atom. The van der Waals surface area contributed by atoms with Crippen molar-refractivity contribution in [1.82, 2.24) is 4.90 Å². The molecule has 0 aliphatic carbocycles. The SMILES string of the molecule is COC(C)CCC(=O)N(C)CCC(N)C(C)C. The van der Waals surface area contributed by atoms with Crippen molar-refractivity contribution in [2.45, 2.75) is 52.2 Å². The van der Waals surface area contributed by atoms with Crippen LogP contribution >= 0.6 is 0 Å². The van der Waals surface area contributed by atoms with E-state index in [1.54, 1.807) is 12.0 Å². The molecule has 0 heterocycles. The van der Waals surface area contributed by atoms with Crippen LogP contribution in [0.15, 0.2) is 0 Å². The Morgan fingerprint density at radius 1 is 1.29 bits per heavy atom. The predicted octanol–water partition coefficient (Wildman–Crippen LogP) is 1.63. The lowest BCUT2D eigenvalue weighted by molar-refractivity contribution is -0.130. The number of hydrogen-bond acceptors (Lipinski definition) is 3. The van der Waals surface area contributed by atoms with Gasteiger partial charge in [0.25, 0.3) is 0 Å². The van der Waals surface area contributed by atoms with Gasteiger partial charge in [-0.05, 0) is 25.7 Å². The van der Waals surface area contributed by atoms with E-state index in [4.69, 9.17) is 10.5 Å². The van der Waals surface area contributed by atoms with Crippen molar-refractivity contribution in [3.8, 4) is 0 Å². The van der Waals surface area contributed by atoms with Gasteiger partial charge < -0.3 is 15.4 Å². The van der Waals surface area contributed by atoms with Crippen molar-refractivity contribution in [3.05, 3.63) is 0 Å². The Morgan fingerprint density at radius 2 is 1.88 bits per heavy atom. The van der Waals surface area contributed by atoms with E-state index in [0.29, 0.717) is 12.3 Å². The largest absolute Gasteiger partial charge is 0.382 e. The lowest BCUT2D eigenvalue weighted by Crippen LogP contribution is -2.34. The highest BCUT2D eigenvalue weighted by atomic mass is 16.5. The third kappa shape index (κ3) is 7.34. The fourth-order valence-electron chi connectivity index (χ4n) is 1.44. The quantitative estimate of drug-likeness (QED) is 0.706. The number of nitrogens with zero attached hydrogens (tertiary/aromatic N) is 1. The molecule has 2 unspecified atom stereocenters. The molecule has 0 fully saturated rings. The van der Waals surface area contributed by atoms with Gasteiger partial charge in [0, 0.05) is 33.2 Å².